The number of rotatable bonds is 3. The van der Waals surface area contributed by atoms with Gasteiger partial charge in [-0.3, -0.25) is 0 Å². The molecule has 1 saturated heterocycles. The van der Waals surface area contributed by atoms with Crippen molar-refractivity contribution in [2.45, 2.75) is 39.2 Å². The maximum absolute atomic E-state index is 12.2. The third-order valence-corrected chi connectivity index (χ3v) is 4.15. The molecular formula is C17H23N3O3. The highest BCUT2D eigenvalue weighted by atomic mass is 16.5. The molecule has 6 heteroatoms. The molecule has 0 amide bonds. The standard InChI is InChI=1S/C17H23N3O3/c1-12-10-16(19-13(2)18-12)20-7-3-4-15(11-20)23-17(21)14-5-8-22-9-6-14/h5,10,15H,3-4,6-9,11H2,1-2H3. The molecule has 6 nitrogen and oxygen atoms in total. The van der Waals surface area contributed by atoms with Gasteiger partial charge in [0.15, 0.2) is 0 Å². The van der Waals surface area contributed by atoms with E-state index in [4.69, 9.17) is 9.47 Å². The number of aryl methyl sites for hydroxylation is 2. The minimum absolute atomic E-state index is 0.0874. The normalized spacial score (nSPS) is 21.7. The largest absolute Gasteiger partial charge is 0.457 e. The molecule has 2 aliphatic rings. The highest BCUT2D eigenvalue weighted by molar-refractivity contribution is 5.88. The zero-order chi connectivity index (χ0) is 16.2. The number of carbonyl (C=O) groups excluding carboxylic acids is 1. The van der Waals surface area contributed by atoms with Crippen LogP contribution in [0.3, 0.4) is 0 Å². The van der Waals surface area contributed by atoms with Crippen molar-refractivity contribution in [3.63, 3.8) is 0 Å². The number of aromatic nitrogens is 2. The van der Waals surface area contributed by atoms with Gasteiger partial charge in [0.1, 0.15) is 17.7 Å². The number of hydrogen-bond acceptors (Lipinski definition) is 6. The van der Waals surface area contributed by atoms with Crippen LogP contribution in [-0.2, 0) is 14.3 Å². The maximum Gasteiger partial charge on any atom is 0.334 e. The fourth-order valence-electron chi connectivity index (χ4n) is 3.04. The highest BCUT2D eigenvalue weighted by Crippen LogP contribution is 2.21. The molecule has 0 aromatic carbocycles. The lowest BCUT2D eigenvalue weighted by Gasteiger charge is -2.33. The van der Waals surface area contributed by atoms with Crippen molar-refractivity contribution in [3.05, 3.63) is 29.2 Å². The smallest absolute Gasteiger partial charge is 0.334 e. The summed E-state index contributed by atoms with van der Waals surface area (Å²) in [5.41, 5.74) is 1.70. The monoisotopic (exact) mass is 317 g/mol. The fourth-order valence-corrected chi connectivity index (χ4v) is 3.04. The van der Waals surface area contributed by atoms with E-state index in [1.165, 1.54) is 0 Å². The molecule has 0 aliphatic carbocycles. The van der Waals surface area contributed by atoms with E-state index in [0.717, 1.165) is 42.3 Å². The molecule has 0 radical (unpaired) electrons. The third-order valence-electron chi connectivity index (χ3n) is 4.15. The maximum atomic E-state index is 12.2. The Balaban J connectivity index is 1.63. The van der Waals surface area contributed by atoms with Crippen molar-refractivity contribution in [1.29, 1.82) is 0 Å². The predicted octanol–water partition coefficient (Wildman–Crippen LogP) is 1.95. The topological polar surface area (TPSA) is 64.5 Å². The fraction of sp³-hybridized carbons (Fsp3) is 0.588. The van der Waals surface area contributed by atoms with Gasteiger partial charge in [-0.1, -0.05) is 0 Å². The minimum Gasteiger partial charge on any atom is -0.457 e. The second kappa shape index (κ2) is 7.08. The van der Waals surface area contributed by atoms with Gasteiger partial charge in [0.2, 0.25) is 0 Å². The van der Waals surface area contributed by atoms with Crippen molar-refractivity contribution >= 4 is 11.8 Å². The Kier molecular flexibility index (Phi) is 4.91. The second-order valence-electron chi connectivity index (χ2n) is 6.08. The molecular weight excluding hydrogens is 294 g/mol. The van der Waals surface area contributed by atoms with Gasteiger partial charge in [-0.05, 0) is 32.8 Å². The number of hydrogen-bond donors (Lipinski definition) is 0. The van der Waals surface area contributed by atoms with Gasteiger partial charge in [-0.15, -0.1) is 0 Å². The second-order valence-corrected chi connectivity index (χ2v) is 6.08. The quantitative estimate of drug-likeness (QED) is 0.794. The first kappa shape index (κ1) is 15.9. The van der Waals surface area contributed by atoms with Crippen LogP contribution in [0.2, 0.25) is 0 Å². The summed E-state index contributed by atoms with van der Waals surface area (Å²) < 4.78 is 10.9. The van der Waals surface area contributed by atoms with Crippen LogP contribution in [0.1, 0.15) is 30.8 Å². The van der Waals surface area contributed by atoms with Gasteiger partial charge >= 0.3 is 5.97 Å². The number of carbonyl (C=O) groups is 1. The van der Waals surface area contributed by atoms with Crippen LogP contribution >= 0.6 is 0 Å². The Hall–Kier alpha value is -1.95. The zero-order valence-corrected chi connectivity index (χ0v) is 13.7. The average molecular weight is 317 g/mol. The van der Waals surface area contributed by atoms with E-state index in [1.807, 2.05) is 26.0 Å². The molecule has 1 aromatic heterocycles. The number of ether oxygens (including phenoxy) is 2. The Morgan fingerprint density at radius 1 is 1.39 bits per heavy atom. The summed E-state index contributed by atoms with van der Waals surface area (Å²) in [4.78, 5) is 23.2. The summed E-state index contributed by atoms with van der Waals surface area (Å²) in [5, 5.41) is 0. The third kappa shape index (κ3) is 4.07. The van der Waals surface area contributed by atoms with E-state index >= 15 is 0 Å². The molecule has 23 heavy (non-hydrogen) atoms. The summed E-state index contributed by atoms with van der Waals surface area (Å²) in [7, 11) is 0. The Bertz CT molecular complexity index is 595. The Morgan fingerprint density at radius 2 is 2.26 bits per heavy atom. The molecule has 0 saturated carbocycles. The SMILES string of the molecule is Cc1cc(N2CCCC(OC(=O)C3=CCOCC3)C2)nc(C)n1. The summed E-state index contributed by atoms with van der Waals surface area (Å²) >= 11 is 0. The van der Waals surface area contributed by atoms with Crippen LogP contribution in [0, 0.1) is 13.8 Å². The number of anilines is 1. The summed E-state index contributed by atoms with van der Waals surface area (Å²) in [6.45, 7) is 6.58. The molecule has 2 aliphatic heterocycles. The van der Waals surface area contributed by atoms with Crippen molar-refractivity contribution in [2.75, 3.05) is 31.2 Å². The van der Waals surface area contributed by atoms with Crippen LogP contribution in [0.25, 0.3) is 0 Å². The first-order chi connectivity index (χ1) is 11.1. The molecule has 1 aromatic rings. The molecule has 124 valence electrons. The van der Waals surface area contributed by atoms with Crippen molar-refractivity contribution in [2.24, 2.45) is 0 Å². The van der Waals surface area contributed by atoms with Crippen molar-refractivity contribution in [1.82, 2.24) is 9.97 Å². The molecule has 1 fully saturated rings. The summed E-state index contributed by atoms with van der Waals surface area (Å²) in [6, 6.07) is 1.98. The minimum atomic E-state index is -0.199. The van der Waals surface area contributed by atoms with Crippen LogP contribution in [-0.4, -0.2) is 48.3 Å². The number of piperidine rings is 1. The zero-order valence-electron chi connectivity index (χ0n) is 13.7. The Labute approximate surface area is 136 Å². The molecule has 1 atom stereocenters. The van der Waals surface area contributed by atoms with E-state index in [0.29, 0.717) is 26.2 Å². The van der Waals surface area contributed by atoms with Crippen LogP contribution < -0.4 is 4.90 Å². The molecule has 1 unspecified atom stereocenters. The first-order valence-corrected chi connectivity index (χ1v) is 8.17. The molecule has 0 spiro atoms. The highest BCUT2D eigenvalue weighted by Gasteiger charge is 2.26. The lowest BCUT2D eigenvalue weighted by molar-refractivity contribution is -0.145. The molecule has 3 rings (SSSR count). The van der Waals surface area contributed by atoms with Gasteiger partial charge in [0, 0.05) is 30.3 Å². The van der Waals surface area contributed by atoms with Gasteiger partial charge in [-0.2, -0.15) is 0 Å². The van der Waals surface area contributed by atoms with Crippen molar-refractivity contribution in [3.8, 4) is 0 Å². The number of nitrogens with zero attached hydrogens (tertiary/aromatic N) is 3. The van der Waals surface area contributed by atoms with E-state index in [9.17, 15) is 4.79 Å². The van der Waals surface area contributed by atoms with Crippen LogP contribution in [0.4, 0.5) is 5.82 Å². The molecule has 3 heterocycles. The lowest BCUT2D eigenvalue weighted by Crippen LogP contribution is -2.41. The summed E-state index contributed by atoms with van der Waals surface area (Å²) in [5.74, 6) is 1.49. The Morgan fingerprint density at radius 3 is 3.00 bits per heavy atom. The van der Waals surface area contributed by atoms with E-state index in [2.05, 4.69) is 14.9 Å². The van der Waals surface area contributed by atoms with E-state index in [1.54, 1.807) is 0 Å². The van der Waals surface area contributed by atoms with Gasteiger partial charge in [-0.25, -0.2) is 14.8 Å². The summed E-state index contributed by atoms with van der Waals surface area (Å²) in [6.07, 6.45) is 4.26. The van der Waals surface area contributed by atoms with Crippen LogP contribution in [0.15, 0.2) is 17.7 Å². The average Bonchev–Trinajstić information content (AvgIpc) is 2.55. The van der Waals surface area contributed by atoms with E-state index < -0.39 is 0 Å². The van der Waals surface area contributed by atoms with E-state index in [-0.39, 0.29) is 12.1 Å². The molecule has 0 N–H and O–H groups in total. The van der Waals surface area contributed by atoms with Gasteiger partial charge in [0.05, 0.1) is 19.8 Å². The van der Waals surface area contributed by atoms with Gasteiger partial charge in [0.25, 0.3) is 0 Å². The number of esters is 1. The molecule has 0 bridgehead atoms. The van der Waals surface area contributed by atoms with Crippen molar-refractivity contribution < 1.29 is 14.3 Å². The van der Waals surface area contributed by atoms with Crippen LogP contribution in [0.5, 0.6) is 0 Å². The van der Waals surface area contributed by atoms with Gasteiger partial charge < -0.3 is 14.4 Å². The predicted molar refractivity (Wildman–Crippen MR) is 86.4 cm³/mol. The lowest BCUT2D eigenvalue weighted by atomic mass is 10.1. The first-order valence-electron chi connectivity index (χ1n) is 8.17.